The highest BCUT2D eigenvalue weighted by atomic mass is 16.6. The number of aliphatic hydroxyl groups is 3. The molecule has 3 saturated carbocycles. The molecule has 11 atom stereocenters. The molecule has 13 heteroatoms. The fourth-order valence-electron chi connectivity index (χ4n) is 10.3. The Bertz CT molecular complexity index is 2140. The Hall–Kier alpha value is -5.21. The summed E-state index contributed by atoms with van der Waals surface area (Å²) in [6, 6.07) is 25.4. The quantitative estimate of drug-likeness (QED) is 0.118. The zero-order valence-electron chi connectivity index (χ0n) is 34.4. The molecule has 0 heterocycles. The highest BCUT2D eigenvalue weighted by Gasteiger charge is 2.77. The molecule has 2 bridgehead atoms. The van der Waals surface area contributed by atoms with Crippen LogP contribution in [0.15, 0.2) is 103 Å². The molecule has 0 aromatic heterocycles. The maximum Gasteiger partial charge on any atom is 0.338 e. The Morgan fingerprint density at radius 1 is 0.850 bits per heavy atom. The first-order chi connectivity index (χ1) is 28.4. The summed E-state index contributed by atoms with van der Waals surface area (Å²) in [5.41, 5.74) is -5.61. The molecule has 0 spiro atoms. The van der Waals surface area contributed by atoms with Crippen molar-refractivity contribution >= 4 is 29.7 Å². The Morgan fingerprint density at radius 2 is 1.47 bits per heavy atom. The van der Waals surface area contributed by atoms with Gasteiger partial charge in [0.15, 0.2) is 18.0 Å². The summed E-state index contributed by atoms with van der Waals surface area (Å²) in [6.45, 7) is 7.33. The molecule has 3 aromatic rings. The summed E-state index contributed by atoms with van der Waals surface area (Å²) in [5.74, 6) is -6.08. The molecule has 0 unspecified atom stereocenters. The topological polar surface area (TPSA) is 195 Å². The molecule has 0 saturated heterocycles. The number of hydrogen-bond donors (Lipinski definition) is 4. The van der Waals surface area contributed by atoms with Gasteiger partial charge in [-0.1, -0.05) is 92.7 Å². The van der Waals surface area contributed by atoms with E-state index in [4.69, 9.17) is 18.9 Å². The summed E-state index contributed by atoms with van der Waals surface area (Å²) in [4.78, 5) is 69.7. The Labute approximate surface area is 349 Å². The van der Waals surface area contributed by atoms with E-state index in [-0.39, 0.29) is 24.0 Å². The fraction of sp³-hybridized carbons (Fsp3) is 0.468. The molecule has 60 heavy (non-hydrogen) atoms. The molecule has 7 rings (SSSR count). The van der Waals surface area contributed by atoms with Crippen LogP contribution in [0.3, 0.4) is 0 Å². The van der Waals surface area contributed by atoms with Gasteiger partial charge in [0.2, 0.25) is 0 Å². The second kappa shape index (κ2) is 16.3. The summed E-state index contributed by atoms with van der Waals surface area (Å²) >= 11 is 0. The number of nitrogens with one attached hydrogen (secondary N) is 1. The first kappa shape index (κ1) is 42.9. The Kier molecular flexibility index (Phi) is 11.7. The molecule has 4 aliphatic carbocycles. The van der Waals surface area contributed by atoms with E-state index in [1.54, 1.807) is 62.4 Å². The molecule has 0 aliphatic heterocycles. The fourth-order valence-corrected chi connectivity index (χ4v) is 10.3. The number of ether oxygens (including phenoxy) is 4. The standard InChI is InChI=1S/C47H53NO12/c1-27(49)57-38-34-24-33(58-43(55)37(52)36(30-17-11-7-12-18-30)48-26-29-15-9-6-10-16-29)25-47(56,44(34,3)4)41(59-42(54)31-19-13-8-14-20-31)39-45(5,40(38)53)35(51)23-32-21-22-46(32,39)60-28(2)50/h6-20,24,32-33,35-39,41,48,51-52,56H,21-23,25-26H2,1-5H3/t32-,33-,35+,36+,37-,38-,39+,41+,45-,46+,47-/m1/s1. The van der Waals surface area contributed by atoms with E-state index in [9.17, 15) is 34.5 Å². The van der Waals surface area contributed by atoms with Crippen molar-refractivity contribution in [1.82, 2.24) is 5.32 Å². The molecular formula is C47H53NO12. The van der Waals surface area contributed by atoms with Gasteiger partial charge in [-0.3, -0.25) is 14.4 Å². The number of aliphatic hydroxyl groups excluding tert-OH is 2. The third-order valence-corrected chi connectivity index (χ3v) is 13.7. The van der Waals surface area contributed by atoms with Crippen LogP contribution in [0.1, 0.15) is 87.8 Å². The monoisotopic (exact) mass is 823 g/mol. The largest absolute Gasteiger partial charge is 0.458 e. The van der Waals surface area contributed by atoms with E-state index in [1.807, 2.05) is 30.3 Å². The minimum absolute atomic E-state index is 0.0375. The molecule has 13 nitrogen and oxygen atoms in total. The maximum atomic E-state index is 15.4. The van der Waals surface area contributed by atoms with Crippen molar-refractivity contribution in [2.45, 2.75) is 115 Å². The zero-order valence-corrected chi connectivity index (χ0v) is 34.4. The summed E-state index contributed by atoms with van der Waals surface area (Å²) in [7, 11) is 0. The summed E-state index contributed by atoms with van der Waals surface area (Å²) < 4.78 is 24.5. The van der Waals surface area contributed by atoms with E-state index in [0.717, 1.165) is 12.5 Å². The molecule has 0 amide bonds. The second-order valence-electron chi connectivity index (χ2n) is 17.4. The van der Waals surface area contributed by atoms with Gasteiger partial charge < -0.3 is 39.6 Å². The van der Waals surface area contributed by atoms with Gasteiger partial charge in [0.25, 0.3) is 0 Å². The Morgan fingerprint density at radius 3 is 2.05 bits per heavy atom. The number of benzene rings is 3. The molecule has 318 valence electrons. The predicted octanol–water partition coefficient (Wildman–Crippen LogP) is 4.72. The van der Waals surface area contributed by atoms with E-state index in [2.05, 4.69) is 5.32 Å². The maximum absolute atomic E-state index is 15.4. The number of Topliss-reactive ketones (excluding diaryl/α,β-unsaturated/α-hetero) is 1. The van der Waals surface area contributed by atoms with Crippen LogP contribution in [0.2, 0.25) is 0 Å². The molecule has 4 aliphatic rings. The van der Waals surface area contributed by atoms with Gasteiger partial charge in [0.1, 0.15) is 23.4 Å². The van der Waals surface area contributed by atoms with Gasteiger partial charge in [-0.2, -0.15) is 0 Å². The minimum atomic E-state index is -2.27. The number of esters is 4. The molecule has 4 N–H and O–H groups in total. The van der Waals surface area contributed by atoms with Crippen LogP contribution in [0.4, 0.5) is 0 Å². The van der Waals surface area contributed by atoms with Crippen LogP contribution in [-0.2, 0) is 44.7 Å². The first-order valence-corrected chi connectivity index (χ1v) is 20.4. The van der Waals surface area contributed by atoms with Crippen molar-refractivity contribution in [2.75, 3.05) is 0 Å². The van der Waals surface area contributed by atoms with Crippen LogP contribution >= 0.6 is 0 Å². The number of fused-ring (bicyclic) bond motifs is 5. The van der Waals surface area contributed by atoms with Crippen LogP contribution in [0.25, 0.3) is 0 Å². The third-order valence-electron chi connectivity index (χ3n) is 13.7. The molecular weight excluding hydrogens is 771 g/mol. The van der Waals surface area contributed by atoms with Crippen LogP contribution in [-0.4, -0.2) is 86.7 Å². The number of carbonyl (C=O) groups excluding carboxylic acids is 5. The van der Waals surface area contributed by atoms with Gasteiger partial charge in [-0.15, -0.1) is 0 Å². The first-order valence-electron chi connectivity index (χ1n) is 20.4. The smallest absolute Gasteiger partial charge is 0.338 e. The van der Waals surface area contributed by atoms with Crippen LogP contribution < -0.4 is 5.32 Å². The average Bonchev–Trinajstić information content (AvgIpc) is 3.21. The third kappa shape index (κ3) is 7.35. The van der Waals surface area contributed by atoms with Gasteiger partial charge >= 0.3 is 23.9 Å². The van der Waals surface area contributed by atoms with Crippen molar-refractivity contribution in [1.29, 1.82) is 0 Å². The SMILES string of the molecule is CC(=O)O[C@H]1C(=O)[C@@]2(C)[C@H]([C@H](OC(=O)c3ccccc3)[C@]3(O)C[C@H](OC(=O)[C@H](O)[C@@H](NCc4ccccc4)c4ccccc4)C=C1C3(C)C)[C@]1(OC(C)=O)CC[C@@H]1C[C@@H]2O. The van der Waals surface area contributed by atoms with Gasteiger partial charge in [0.05, 0.1) is 29.0 Å². The average molecular weight is 824 g/mol. The van der Waals surface area contributed by atoms with E-state index in [0.29, 0.717) is 18.5 Å². The van der Waals surface area contributed by atoms with E-state index < -0.39 is 107 Å². The number of hydrogen-bond acceptors (Lipinski definition) is 13. The highest BCUT2D eigenvalue weighted by molar-refractivity contribution is 5.95. The van der Waals surface area contributed by atoms with Crippen molar-refractivity contribution in [2.24, 2.45) is 22.7 Å². The summed E-state index contributed by atoms with van der Waals surface area (Å²) in [5, 5.41) is 40.7. The minimum Gasteiger partial charge on any atom is -0.458 e. The number of rotatable bonds is 11. The second-order valence-corrected chi connectivity index (χ2v) is 17.4. The van der Waals surface area contributed by atoms with Crippen molar-refractivity contribution in [3.63, 3.8) is 0 Å². The zero-order chi connectivity index (χ0) is 43.2. The lowest BCUT2D eigenvalue weighted by Crippen LogP contribution is -2.78. The van der Waals surface area contributed by atoms with Gasteiger partial charge in [0, 0.05) is 38.1 Å². The summed E-state index contributed by atoms with van der Waals surface area (Å²) in [6.07, 6.45) is -6.22. The normalized spacial score (nSPS) is 32.5. The van der Waals surface area contributed by atoms with Gasteiger partial charge in [-0.05, 0) is 61.1 Å². The van der Waals surface area contributed by atoms with Crippen molar-refractivity contribution in [3.8, 4) is 0 Å². The van der Waals surface area contributed by atoms with Crippen molar-refractivity contribution < 1.29 is 58.2 Å². The lowest BCUT2D eigenvalue weighted by molar-refractivity contribution is -0.296. The lowest BCUT2D eigenvalue weighted by atomic mass is 9.41. The van der Waals surface area contributed by atoms with Crippen LogP contribution in [0, 0.1) is 22.7 Å². The Balaban J connectivity index is 1.35. The lowest BCUT2D eigenvalue weighted by Gasteiger charge is -2.67. The number of carbonyl (C=O) groups is 5. The number of ketones is 1. The van der Waals surface area contributed by atoms with Crippen LogP contribution in [0.5, 0.6) is 0 Å². The molecule has 3 aromatic carbocycles. The van der Waals surface area contributed by atoms with Crippen molar-refractivity contribution in [3.05, 3.63) is 119 Å². The van der Waals surface area contributed by atoms with E-state index in [1.165, 1.54) is 32.1 Å². The highest BCUT2D eigenvalue weighted by Crippen LogP contribution is 2.67. The van der Waals surface area contributed by atoms with E-state index >= 15 is 4.79 Å². The predicted molar refractivity (Wildman–Crippen MR) is 215 cm³/mol. The van der Waals surface area contributed by atoms with Gasteiger partial charge in [-0.25, -0.2) is 9.59 Å². The molecule has 3 fully saturated rings. The molecule has 0 radical (unpaired) electrons.